The van der Waals surface area contributed by atoms with Crippen LogP contribution in [0.4, 0.5) is 0 Å². The Hall–Kier alpha value is -3.45. The van der Waals surface area contributed by atoms with Gasteiger partial charge in [0, 0.05) is 42.6 Å². The first-order valence-corrected chi connectivity index (χ1v) is 15.1. The molecule has 0 spiro atoms. The second-order valence-corrected chi connectivity index (χ2v) is 12.2. The van der Waals surface area contributed by atoms with Gasteiger partial charge in [0.25, 0.3) is 0 Å². The molecular formula is C27H30Cl2N6O5S. The van der Waals surface area contributed by atoms with Crippen LogP contribution >= 0.6 is 23.2 Å². The Labute approximate surface area is 248 Å². The molecule has 1 aliphatic rings. The molecule has 3 N–H and O–H groups in total. The van der Waals surface area contributed by atoms with Crippen LogP contribution in [-0.4, -0.2) is 67.0 Å². The van der Waals surface area contributed by atoms with Gasteiger partial charge < -0.3 is 15.5 Å². The summed E-state index contributed by atoms with van der Waals surface area (Å²) in [5, 5.41) is 9.76. The van der Waals surface area contributed by atoms with E-state index in [1.807, 2.05) is 0 Å². The maximum absolute atomic E-state index is 13.7. The molecule has 3 atom stereocenters. The Morgan fingerprint density at radius 2 is 1.73 bits per heavy atom. The van der Waals surface area contributed by atoms with E-state index in [2.05, 4.69) is 20.5 Å². The van der Waals surface area contributed by atoms with Crippen molar-refractivity contribution in [2.75, 3.05) is 20.1 Å². The van der Waals surface area contributed by atoms with Crippen molar-refractivity contribution in [3.05, 3.63) is 82.6 Å². The number of benzene rings is 2. The van der Waals surface area contributed by atoms with Gasteiger partial charge in [0.2, 0.25) is 27.7 Å². The topological polar surface area (TPSA) is 142 Å². The van der Waals surface area contributed by atoms with Crippen molar-refractivity contribution in [1.29, 1.82) is 0 Å². The third-order valence-corrected chi connectivity index (χ3v) is 8.60. The van der Waals surface area contributed by atoms with Gasteiger partial charge >= 0.3 is 0 Å². The molecule has 0 aliphatic carbocycles. The third kappa shape index (κ3) is 8.07. The molecule has 41 heavy (non-hydrogen) atoms. The number of halogens is 2. The fraction of sp³-hybridized carbons (Fsp3) is 0.333. The van der Waals surface area contributed by atoms with E-state index in [0.717, 1.165) is 0 Å². The van der Waals surface area contributed by atoms with Gasteiger partial charge in [-0.05, 0) is 36.2 Å². The molecule has 14 heteroatoms. The molecule has 218 valence electrons. The summed E-state index contributed by atoms with van der Waals surface area (Å²) < 4.78 is 30.8. The molecule has 11 nitrogen and oxygen atoms in total. The smallest absolute Gasteiger partial charge is 0.241 e. The summed E-state index contributed by atoms with van der Waals surface area (Å²) in [5.41, 5.74) is 0.683. The third-order valence-electron chi connectivity index (χ3n) is 6.71. The van der Waals surface area contributed by atoms with Crippen molar-refractivity contribution >= 4 is 50.9 Å². The standard InChI is InChI=1S/C27H30Cl2N6O5S/c1-30-25(36)15-23(18-6-3-2-4-7-18)32-26(37)16-24(33-41(39,40)22-13-19(28)12-20(29)14-22)27(38)34-11-8-21(17-34)35-10-5-9-31-35/h2-7,9-10,12-14,21,23-24,33H,8,11,15-17H2,1H3,(H,30,36)(H,32,37)/t21-,23+,24-/m0/s1. The van der Waals surface area contributed by atoms with E-state index in [0.29, 0.717) is 25.1 Å². The Morgan fingerprint density at radius 3 is 2.37 bits per heavy atom. The number of carbonyl (C=O) groups is 3. The van der Waals surface area contributed by atoms with E-state index < -0.39 is 40.3 Å². The monoisotopic (exact) mass is 620 g/mol. The van der Waals surface area contributed by atoms with Gasteiger partial charge in [-0.2, -0.15) is 9.82 Å². The molecule has 1 aromatic heterocycles. The van der Waals surface area contributed by atoms with E-state index in [1.54, 1.807) is 53.5 Å². The number of amides is 3. The molecule has 0 bridgehead atoms. The first-order chi connectivity index (χ1) is 19.6. The zero-order valence-corrected chi connectivity index (χ0v) is 24.5. The maximum Gasteiger partial charge on any atom is 0.241 e. The van der Waals surface area contributed by atoms with Crippen LogP contribution in [-0.2, 0) is 24.4 Å². The maximum atomic E-state index is 13.7. The predicted octanol–water partition coefficient (Wildman–Crippen LogP) is 2.69. The lowest BCUT2D eigenvalue weighted by molar-refractivity contribution is -0.135. The number of sulfonamides is 1. The van der Waals surface area contributed by atoms with Crippen molar-refractivity contribution in [2.24, 2.45) is 0 Å². The molecule has 1 fully saturated rings. The Balaban J connectivity index is 1.57. The van der Waals surface area contributed by atoms with Crippen molar-refractivity contribution in [2.45, 2.75) is 42.3 Å². The number of nitrogens with zero attached hydrogens (tertiary/aromatic N) is 3. The Bertz CT molecular complexity index is 1470. The average molecular weight is 622 g/mol. The molecule has 0 saturated carbocycles. The molecular weight excluding hydrogens is 591 g/mol. The van der Waals surface area contributed by atoms with E-state index in [1.165, 1.54) is 30.1 Å². The van der Waals surface area contributed by atoms with Crippen molar-refractivity contribution in [3.8, 4) is 0 Å². The lowest BCUT2D eigenvalue weighted by Gasteiger charge is -2.25. The Morgan fingerprint density at radius 1 is 1.02 bits per heavy atom. The first kappa shape index (κ1) is 30.5. The van der Waals surface area contributed by atoms with Crippen LogP contribution < -0.4 is 15.4 Å². The lowest BCUT2D eigenvalue weighted by Crippen LogP contribution is -2.50. The van der Waals surface area contributed by atoms with Crippen LogP contribution in [0.2, 0.25) is 10.0 Å². The second-order valence-electron chi connectivity index (χ2n) is 9.60. The largest absolute Gasteiger partial charge is 0.359 e. The number of nitrogens with one attached hydrogen (secondary N) is 3. The van der Waals surface area contributed by atoms with Gasteiger partial charge in [-0.15, -0.1) is 0 Å². The van der Waals surface area contributed by atoms with Crippen molar-refractivity contribution in [3.63, 3.8) is 0 Å². The number of aromatic nitrogens is 2. The lowest BCUT2D eigenvalue weighted by atomic mass is 10.0. The van der Waals surface area contributed by atoms with Crippen LogP contribution in [0.1, 0.15) is 36.9 Å². The zero-order valence-electron chi connectivity index (χ0n) is 22.2. The average Bonchev–Trinajstić information content (AvgIpc) is 3.64. The molecule has 2 aromatic carbocycles. The second kappa shape index (κ2) is 13.5. The summed E-state index contributed by atoms with van der Waals surface area (Å²) >= 11 is 12.0. The molecule has 4 rings (SSSR count). The van der Waals surface area contributed by atoms with Gasteiger partial charge in [-0.25, -0.2) is 8.42 Å². The number of likely N-dealkylation sites (tertiary alicyclic amines) is 1. The SMILES string of the molecule is CNC(=O)C[C@@H](NC(=O)C[C@H](NS(=O)(=O)c1cc(Cl)cc(Cl)c1)C(=O)N1CC[C@H](n2cccn2)C1)c1ccccc1. The van der Waals surface area contributed by atoms with Gasteiger partial charge in [0.1, 0.15) is 6.04 Å². The number of hydrogen-bond donors (Lipinski definition) is 3. The highest BCUT2D eigenvalue weighted by Gasteiger charge is 2.36. The minimum absolute atomic E-state index is 0.0463. The minimum atomic E-state index is -4.31. The normalized spacial score (nSPS) is 16.7. The molecule has 1 saturated heterocycles. The highest BCUT2D eigenvalue weighted by Crippen LogP contribution is 2.25. The van der Waals surface area contributed by atoms with Crippen LogP contribution in [0.25, 0.3) is 0 Å². The molecule has 0 unspecified atom stereocenters. The van der Waals surface area contributed by atoms with Crippen molar-refractivity contribution < 1.29 is 22.8 Å². The molecule has 0 radical (unpaired) electrons. The van der Waals surface area contributed by atoms with E-state index >= 15 is 0 Å². The highest BCUT2D eigenvalue weighted by molar-refractivity contribution is 7.89. The summed E-state index contributed by atoms with van der Waals surface area (Å²) in [6.45, 7) is 0.655. The highest BCUT2D eigenvalue weighted by atomic mass is 35.5. The summed E-state index contributed by atoms with van der Waals surface area (Å²) in [7, 11) is -2.82. The van der Waals surface area contributed by atoms with Gasteiger partial charge in [0.05, 0.1) is 29.8 Å². The van der Waals surface area contributed by atoms with E-state index in [9.17, 15) is 22.8 Å². The summed E-state index contributed by atoms with van der Waals surface area (Å²) in [6.07, 6.45) is 3.50. The van der Waals surface area contributed by atoms with Gasteiger partial charge in [0.15, 0.2) is 0 Å². The van der Waals surface area contributed by atoms with Crippen molar-refractivity contribution in [1.82, 2.24) is 30.0 Å². The molecule has 2 heterocycles. The van der Waals surface area contributed by atoms with Crippen LogP contribution in [0.5, 0.6) is 0 Å². The number of rotatable bonds is 11. The summed E-state index contributed by atoms with van der Waals surface area (Å²) in [4.78, 5) is 40.4. The van der Waals surface area contributed by atoms with Crippen LogP contribution in [0.3, 0.4) is 0 Å². The number of carbonyl (C=O) groups excluding carboxylic acids is 3. The summed E-state index contributed by atoms with van der Waals surface area (Å²) in [5.74, 6) is -1.48. The van der Waals surface area contributed by atoms with Crippen LogP contribution in [0, 0.1) is 0 Å². The van der Waals surface area contributed by atoms with E-state index in [4.69, 9.17) is 23.2 Å². The fourth-order valence-corrected chi connectivity index (χ4v) is 6.57. The molecule has 3 amide bonds. The number of hydrogen-bond acceptors (Lipinski definition) is 6. The quantitative estimate of drug-likeness (QED) is 0.301. The zero-order chi connectivity index (χ0) is 29.6. The predicted molar refractivity (Wildman–Crippen MR) is 154 cm³/mol. The van der Waals surface area contributed by atoms with Gasteiger partial charge in [-0.1, -0.05) is 53.5 Å². The Kier molecular flexibility index (Phi) is 10.0. The van der Waals surface area contributed by atoms with Gasteiger partial charge in [-0.3, -0.25) is 19.1 Å². The summed E-state index contributed by atoms with van der Waals surface area (Å²) in [6, 6.07) is 12.2. The molecule has 1 aliphatic heterocycles. The fourth-order valence-electron chi connectivity index (χ4n) is 4.66. The molecule has 3 aromatic rings. The van der Waals surface area contributed by atoms with E-state index in [-0.39, 0.29) is 33.3 Å². The van der Waals surface area contributed by atoms with Crippen LogP contribution in [0.15, 0.2) is 71.9 Å². The minimum Gasteiger partial charge on any atom is -0.359 e. The first-order valence-electron chi connectivity index (χ1n) is 12.9.